The van der Waals surface area contributed by atoms with Crippen molar-refractivity contribution >= 4 is 12.4 Å². The van der Waals surface area contributed by atoms with Gasteiger partial charge in [-0.2, -0.15) is 4.98 Å². The average molecular weight is 301 g/mol. The van der Waals surface area contributed by atoms with Crippen LogP contribution in [0.4, 0.5) is 0 Å². The quantitative estimate of drug-likeness (QED) is 0.928. The molecule has 1 saturated carbocycles. The molecule has 2 aliphatic rings. The summed E-state index contributed by atoms with van der Waals surface area (Å²) in [5, 5.41) is 4.02. The molecule has 6 heteroatoms. The lowest BCUT2D eigenvalue weighted by Crippen LogP contribution is -2.34. The van der Waals surface area contributed by atoms with Gasteiger partial charge in [-0.1, -0.05) is 25.9 Å². The number of hydrogen-bond donors (Lipinski definition) is 1. The predicted molar refractivity (Wildman–Crippen MR) is 79.4 cm³/mol. The van der Waals surface area contributed by atoms with Crippen LogP contribution in [0.15, 0.2) is 4.52 Å². The van der Waals surface area contributed by atoms with Crippen molar-refractivity contribution in [3.63, 3.8) is 0 Å². The molecule has 20 heavy (non-hydrogen) atoms. The van der Waals surface area contributed by atoms with Crippen molar-refractivity contribution < 1.29 is 4.52 Å². The third-order valence-corrected chi connectivity index (χ3v) is 4.55. The van der Waals surface area contributed by atoms with Crippen LogP contribution in [0.3, 0.4) is 0 Å². The van der Waals surface area contributed by atoms with Crippen molar-refractivity contribution in [1.29, 1.82) is 0 Å². The van der Waals surface area contributed by atoms with Gasteiger partial charge < -0.3 is 10.3 Å². The molecule has 1 aromatic heterocycles. The summed E-state index contributed by atoms with van der Waals surface area (Å²) in [5.74, 6) is 1.30. The van der Waals surface area contributed by atoms with Crippen molar-refractivity contribution in [2.75, 3.05) is 6.54 Å². The number of hydrogen-bond acceptors (Lipinski definition) is 5. The number of aromatic nitrogens is 2. The Bertz CT molecular complexity index is 475. The minimum atomic E-state index is 0. The van der Waals surface area contributed by atoms with Gasteiger partial charge in [0.05, 0.1) is 13.1 Å². The zero-order valence-corrected chi connectivity index (χ0v) is 13.4. The van der Waals surface area contributed by atoms with Crippen molar-refractivity contribution in [3.05, 3.63) is 11.7 Å². The molecule has 0 radical (unpaired) electrons. The number of halogens is 1. The Labute approximate surface area is 126 Å². The van der Waals surface area contributed by atoms with Crippen LogP contribution in [-0.2, 0) is 13.1 Å². The van der Waals surface area contributed by atoms with E-state index in [0.717, 1.165) is 18.9 Å². The molecule has 2 heterocycles. The first-order valence-electron chi connectivity index (χ1n) is 7.15. The number of rotatable bonds is 3. The first-order chi connectivity index (χ1) is 8.89. The molecular formula is C14H25ClN4O. The highest BCUT2D eigenvalue weighted by molar-refractivity contribution is 5.85. The average Bonchev–Trinajstić information content (AvgIpc) is 2.81. The molecule has 1 aliphatic carbocycles. The van der Waals surface area contributed by atoms with Crippen LogP contribution in [0.1, 0.15) is 51.7 Å². The van der Waals surface area contributed by atoms with E-state index in [1.54, 1.807) is 0 Å². The van der Waals surface area contributed by atoms with Gasteiger partial charge >= 0.3 is 0 Å². The Morgan fingerprint density at radius 3 is 2.75 bits per heavy atom. The third-order valence-electron chi connectivity index (χ3n) is 4.55. The standard InChI is InChI=1S/C14H24N4O.ClH/c1-13(2)4-10-5-14(3,8-13)9-18(10)7-11-16-12(6-15)19-17-11;/h10H,4-9,15H2,1-3H3;1H. The van der Waals surface area contributed by atoms with Gasteiger partial charge in [0.2, 0.25) is 5.89 Å². The predicted octanol–water partition coefficient (Wildman–Crippen LogP) is 2.35. The van der Waals surface area contributed by atoms with Gasteiger partial charge in [0.25, 0.3) is 0 Å². The van der Waals surface area contributed by atoms with Crippen LogP contribution in [0, 0.1) is 10.8 Å². The van der Waals surface area contributed by atoms with Crippen molar-refractivity contribution in [3.8, 4) is 0 Å². The molecule has 2 atom stereocenters. The summed E-state index contributed by atoms with van der Waals surface area (Å²) in [6.45, 7) is 9.46. The molecular weight excluding hydrogens is 276 g/mol. The third kappa shape index (κ3) is 3.00. The van der Waals surface area contributed by atoms with Gasteiger partial charge in [-0.05, 0) is 30.1 Å². The maximum atomic E-state index is 5.50. The first-order valence-corrected chi connectivity index (χ1v) is 7.15. The topological polar surface area (TPSA) is 68.2 Å². The highest BCUT2D eigenvalue weighted by atomic mass is 35.5. The molecule has 0 aromatic carbocycles. The highest BCUT2D eigenvalue weighted by Crippen LogP contribution is 2.52. The van der Waals surface area contributed by atoms with E-state index in [1.807, 2.05) is 0 Å². The SMILES string of the molecule is CC1(C)CC2CC(C)(CN2Cc2noc(CN)n2)C1.Cl. The second kappa shape index (κ2) is 5.28. The fraction of sp³-hybridized carbons (Fsp3) is 0.857. The Hall–Kier alpha value is -0.650. The van der Waals surface area contributed by atoms with Gasteiger partial charge in [-0.25, -0.2) is 0 Å². The van der Waals surface area contributed by atoms with E-state index >= 15 is 0 Å². The summed E-state index contributed by atoms with van der Waals surface area (Å²) in [7, 11) is 0. The number of fused-ring (bicyclic) bond motifs is 2. The molecule has 2 unspecified atom stereocenters. The molecule has 0 spiro atoms. The van der Waals surface area contributed by atoms with Gasteiger partial charge in [0.15, 0.2) is 5.82 Å². The second-order valence-corrected chi connectivity index (χ2v) is 7.43. The van der Waals surface area contributed by atoms with Crippen LogP contribution in [0.5, 0.6) is 0 Å². The van der Waals surface area contributed by atoms with E-state index in [2.05, 4.69) is 35.8 Å². The molecule has 5 nitrogen and oxygen atoms in total. The Kier molecular flexibility index (Phi) is 4.15. The zero-order valence-electron chi connectivity index (χ0n) is 12.6. The molecule has 3 rings (SSSR count). The normalized spacial score (nSPS) is 32.1. The van der Waals surface area contributed by atoms with Gasteiger partial charge in [0, 0.05) is 12.6 Å². The van der Waals surface area contributed by atoms with Gasteiger partial charge in [-0.15, -0.1) is 12.4 Å². The molecule has 1 saturated heterocycles. The lowest BCUT2D eigenvalue weighted by atomic mass is 9.65. The van der Waals surface area contributed by atoms with Crippen LogP contribution >= 0.6 is 12.4 Å². The molecule has 1 aromatic rings. The van der Waals surface area contributed by atoms with E-state index in [-0.39, 0.29) is 12.4 Å². The molecule has 0 amide bonds. The van der Waals surface area contributed by atoms with Crippen LogP contribution in [-0.4, -0.2) is 27.6 Å². The minimum absolute atomic E-state index is 0. The van der Waals surface area contributed by atoms with E-state index in [1.165, 1.54) is 19.3 Å². The van der Waals surface area contributed by atoms with Crippen LogP contribution in [0.25, 0.3) is 0 Å². The Balaban J connectivity index is 0.00000147. The summed E-state index contributed by atoms with van der Waals surface area (Å²) in [5.41, 5.74) is 6.41. The molecule has 2 bridgehead atoms. The van der Waals surface area contributed by atoms with E-state index in [9.17, 15) is 0 Å². The highest BCUT2D eigenvalue weighted by Gasteiger charge is 2.49. The van der Waals surface area contributed by atoms with Crippen molar-refractivity contribution in [2.45, 2.75) is 59.2 Å². The monoisotopic (exact) mass is 300 g/mol. The molecule has 114 valence electrons. The van der Waals surface area contributed by atoms with Gasteiger partial charge in [-0.3, -0.25) is 4.90 Å². The lowest BCUT2D eigenvalue weighted by molar-refractivity contribution is 0.126. The summed E-state index contributed by atoms with van der Waals surface area (Å²) in [6.07, 6.45) is 3.88. The first kappa shape index (κ1) is 15.7. The van der Waals surface area contributed by atoms with Gasteiger partial charge in [0.1, 0.15) is 0 Å². The summed E-state index contributed by atoms with van der Waals surface area (Å²) >= 11 is 0. The summed E-state index contributed by atoms with van der Waals surface area (Å²) in [6, 6.07) is 0.661. The Morgan fingerprint density at radius 1 is 1.35 bits per heavy atom. The number of nitrogens with two attached hydrogens (primary N) is 1. The number of nitrogens with zero attached hydrogens (tertiary/aromatic N) is 3. The van der Waals surface area contributed by atoms with Crippen molar-refractivity contribution in [1.82, 2.24) is 15.0 Å². The lowest BCUT2D eigenvalue weighted by Gasteiger charge is -2.39. The van der Waals surface area contributed by atoms with E-state index in [4.69, 9.17) is 10.3 Å². The summed E-state index contributed by atoms with van der Waals surface area (Å²) in [4.78, 5) is 6.85. The zero-order chi connectivity index (χ0) is 13.7. The Morgan fingerprint density at radius 2 is 2.10 bits per heavy atom. The fourth-order valence-electron chi connectivity index (χ4n) is 4.38. The number of likely N-dealkylation sites (tertiary alicyclic amines) is 1. The fourth-order valence-corrected chi connectivity index (χ4v) is 4.38. The maximum absolute atomic E-state index is 5.50. The van der Waals surface area contributed by atoms with E-state index < -0.39 is 0 Å². The second-order valence-electron chi connectivity index (χ2n) is 7.43. The van der Waals surface area contributed by atoms with Crippen LogP contribution in [0.2, 0.25) is 0 Å². The van der Waals surface area contributed by atoms with Crippen LogP contribution < -0.4 is 5.73 Å². The van der Waals surface area contributed by atoms with E-state index in [0.29, 0.717) is 29.3 Å². The molecule has 2 N–H and O–H groups in total. The molecule has 1 aliphatic heterocycles. The maximum Gasteiger partial charge on any atom is 0.240 e. The largest absolute Gasteiger partial charge is 0.338 e. The minimum Gasteiger partial charge on any atom is -0.338 e. The van der Waals surface area contributed by atoms with Crippen molar-refractivity contribution in [2.24, 2.45) is 16.6 Å². The summed E-state index contributed by atoms with van der Waals surface area (Å²) < 4.78 is 5.09. The molecule has 2 fully saturated rings. The smallest absolute Gasteiger partial charge is 0.240 e.